The molecule has 0 fully saturated rings. The molecule has 0 aromatic heterocycles. The van der Waals surface area contributed by atoms with Crippen LogP contribution in [0.4, 0.5) is 5.69 Å². The minimum absolute atomic E-state index is 0.0259. The number of nitrogens with one attached hydrogen (secondary N) is 1. The van der Waals surface area contributed by atoms with Gasteiger partial charge in [0.15, 0.2) is 0 Å². The number of nitrogens with zero attached hydrogens (tertiary/aromatic N) is 1. The third-order valence-electron chi connectivity index (χ3n) is 2.50. The monoisotopic (exact) mass is 267 g/mol. The van der Waals surface area contributed by atoms with Crippen LogP contribution in [0.2, 0.25) is 0 Å². The Hall–Kier alpha value is -1.58. The molecule has 0 aliphatic rings. The lowest BCUT2D eigenvalue weighted by Gasteiger charge is -2.08. The standard InChI is InChI=1S/C12H17N3O2S/c1-2-3-4-7-15-18(16,17)12-6-5-10(9-13)8-11(12)14/h5-6,8,15H,2-4,7,14H2,1H3. The van der Waals surface area contributed by atoms with E-state index in [9.17, 15) is 8.42 Å². The normalized spacial score (nSPS) is 11.1. The Morgan fingerprint density at radius 1 is 1.39 bits per heavy atom. The maximum absolute atomic E-state index is 11.9. The number of anilines is 1. The fourth-order valence-electron chi connectivity index (χ4n) is 1.52. The van der Waals surface area contributed by atoms with Crippen LogP contribution in [0, 0.1) is 11.3 Å². The van der Waals surface area contributed by atoms with Crippen molar-refractivity contribution in [1.82, 2.24) is 4.72 Å². The molecule has 0 atom stereocenters. The average molecular weight is 267 g/mol. The fourth-order valence-corrected chi connectivity index (χ4v) is 2.71. The topological polar surface area (TPSA) is 96.0 Å². The largest absolute Gasteiger partial charge is 0.398 e. The van der Waals surface area contributed by atoms with E-state index in [-0.39, 0.29) is 10.6 Å². The lowest BCUT2D eigenvalue weighted by molar-refractivity contribution is 0.576. The van der Waals surface area contributed by atoms with Crippen LogP contribution in [-0.4, -0.2) is 15.0 Å². The van der Waals surface area contributed by atoms with E-state index in [0.717, 1.165) is 19.3 Å². The van der Waals surface area contributed by atoms with Gasteiger partial charge in [0.05, 0.1) is 17.3 Å². The van der Waals surface area contributed by atoms with E-state index in [1.165, 1.54) is 18.2 Å². The molecule has 0 aliphatic carbocycles. The summed E-state index contributed by atoms with van der Waals surface area (Å²) in [6.45, 7) is 2.45. The second kappa shape index (κ2) is 6.38. The van der Waals surface area contributed by atoms with Crippen molar-refractivity contribution in [1.29, 1.82) is 5.26 Å². The molecule has 0 saturated heterocycles. The van der Waals surface area contributed by atoms with Crippen LogP contribution in [0.25, 0.3) is 0 Å². The van der Waals surface area contributed by atoms with Crippen LogP contribution in [0.15, 0.2) is 23.1 Å². The van der Waals surface area contributed by atoms with Crippen LogP contribution in [0.1, 0.15) is 31.7 Å². The van der Waals surface area contributed by atoms with Crippen molar-refractivity contribution < 1.29 is 8.42 Å². The Morgan fingerprint density at radius 2 is 2.11 bits per heavy atom. The van der Waals surface area contributed by atoms with Gasteiger partial charge in [-0.1, -0.05) is 19.8 Å². The summed E-state index contributed by atoms with van der Waals surface area (Å²) in [6.07, 6.45) is 2.80. The molecule has 1 aromatic rings. The summed E-state index contributed by atoms with van der Waals surface area (Å²) < 4.78 is 26.4. The van der Waals surface area contributed by atoms with Crippen molar-refractivity contribution in [2.75, 3.05) is 12.3 Å². The van der Waals surface area contributed by atoms with Crippen molar-refractivity contribution in [3.8, 4) is 6.07 Å². The number of benzene rings is 1. The first kappa shape index (κ1) is 14.5. The molecule has 3 N–H and O–H groups in total. The summed E-state index contributed by atoms with van der Waals surface area (Å²) in [4.78, 5) is 0.0259. The highest BCUT2D eigenvalue weighted by atomic mass is 32.2. The minimum atomic E-state index is -3.58. The number of hydrogen-bond donors (Lipinski definition) is 2. The van der Waals surface area contributed by atoms with Crippen molar-refractivity contribution in [3.05, 3.63) is 23.8 Å². The maximum Gasteiger partial charge on any atom is 0.242 e. The van der Waals surface area contributed by atoms with Gasteiger partial charge in [-0.3, -0.25) is 0 Å². The van der Waals surface area contributed by atoms with Gasteiger partial charge >= 0.3 is 0 Å². The molecule has 0 radical (unpaired) electrons. The SMILES string of the molecule is CCCCCNS(=O)(=O)c1ccc(C#N)cc1N. The van der Waals surface area contributed by atoms with E-state index in [1.807, 2.05) is 13.0 Å². The second-order valence-electron chi connectivity index (χ2n) is 3.97. The first-order valence-electron chi connectivity index (χ1n) is 5.80. The van der Waals surface area contributed by atoms with Gasteiger partial charge in [-0.2, -0.15) is 5.26 Å². The second-order valence-corrected chi connectivity index (χ2v) is 5.70. The molecule has 6 heteroatoms. The fraction of sp³-hybridized carbons (Fsp3) is 0.417. The summed E-state index contributed by atoms with van der Waals surface area (Å²) in [6, 6.07) is 6.07. The van der Waals surface area contributed by atoms with Gasteiger partial charge in [0.25, 0.3) is 0 Å². The quantitative estimate of drug-likeness (QED) is 0.604. The molecule has 18 heavy (non-hydrogen) atoms. The van der Waals surface area contributed by atoms with Crippen LogP contribution in [0.5, 0.6) is 0 Å². The van der Waals surface area contributed by atoms with Gasteiger partial charge in [-0.25, -0.2) is 13.1 Å². The number of sulfonamides is 1. The number of rotatable bonds is 6. The lowest BCUT2D eigenvalue weighted by Crippen LogP contribution is -2.25. The molecule has 5 nitrogen and oxygen atoms in total. The average Bonchev–Trinajstić information content (AvgIpc) is 2.34. The third kappa shape index (κ3) is 3.72. The van der Waals surface area contributed by atoms with Crippen LogP contribution in [-0.2, 0) is 10.0 Å². The van der Waals surface area contributed by atoms with E-state index < -0.39 is 10.0 Å². The summed E-state index contributed by atoms with van der Waals surface area (Å²) in [7, 11) is -3.58. The highest BCUT2D eigenvalue weighted by molar-refractivity contribution is 7.89. The van der Waals surface area contributed by atoms with Crippen molar-refractivity contribution in [2.45, 2.75) is 31.1 Å². The molecular formula is C12H17N3O2S. The zero-order chi connectivity index (χ0) is 13.6. The molecule has 0 amide bonds. The Bertz CT molecular complexity index is 547. The van der Waals surface area contributed by atoms with Gasteiger partial charge in [0.2, 0.25) is 10.0 Å². The van der Waals surface area contributed by atoms with Gasteiger partial charge < -0.3 is 5.73 Å². The molecule has 1 aromatic carbocycles. The highest BCUT2D eigenvalue weighted by Crippen LogP contribution is 2.19. The minimum Gasteiger partial charge on any atom is -0.398 e. The summed E-state index contributed by atoms with van der Waals surface area (Å²) >= 11 is 0. The molecule has 98 valence electrons. The van der Waals surface area contributed by atoms with E-state index in [0.29, 0.717) is 12.1 Å². The van der Waals surface area contributed by atoms with Crippen molar-refractivity contribution >= 4 is 15.7 Å². The summed E-state index contributed by atoms with van der Waals surface area (Å²) in [5.41, 5.74) is 6.08. The number of unbranched alkanes of at least 4 members (excludes halogenated alkanes) is 2. The van der Waals surface area contributed by atoms with Gasteiger partial charge in [0, 0.05) is 6.54 Å². The van der Waals surface area contributed by atoms with Gasteiger partial charge in [0.1, 0.15) is 4.90 Å². The van der Waals surface area contributed by atoms with Gasteiger partial charge in [-0.15, -0.1) is 0 Å². The predicted octanol–water partition coefficient (Wildman–Crippen LogP) is 1.61. The Kier molecular flexibility index (Phi) is 5.13. The maximum atomic E-state index is 11.9. The van der Waals surface area contributed by atoms with E-state index in [1.54, 1.807) is 0 Å². The predicted molar refractivity (Wildman–Crippen MR) is 70.3 cm³/mol. The number of nitriles is 1. The van der Waals surface area contributed by atoms with Gasteiger partial charge in [-0.05, 0) is 24.6 Å². The molecule has 0 bridgehead atoms. The van der Waals surface area contributed by atoms with Crippen LogP contribution in [0.3, 0.4) is 0 Å². The Balaban J connectivity index is 2.82. The molecule has 0 saturated carbocycles. The smallest absolute Gasteiger partial charge is 0.242 e. The first-order valence-corrected chi connectivity index (χ1v) is 7.29. The van der Waals surface area contributed by atoms with Crippen LogP contribution < -0.4 is 10.5 Å². The van der Waals surface area contributed by atoms with Crippen LogP contribution >= 0.6 is 0 Å². The Labute approximate surface area is 108 Å². The Morgan fingerprint density at radius 3 is 2.67 bits per heavy atom. The zero-order valence-electron chi connectivity index (χ0n) is 10.3. The summed E-state index contributed by atoms with van der Waals surface area (Å²) in [5, 5.41) is 8.69. The molecule has 0 heterocycles. The number of nitrogens with two attached hydrogens (primary N) is 1. The number of hydrogen-bond acceptors (Lipinski definition) is 4. The van der Waals surface area contributed by atoms with Crippen molar-refractivity contribution in [2.24, 2.45) is 0 Å². The molecule has 0 unspecified atom stereocenters. The van der Waals surface area contributed by atoms with E-state index >= 15 is 0 Å². The van der Waals surface area contributed by atoms with E-state index in [4.69, 9.17) is 11.0 Å². The lowest BCUT2D eigenvalue weighted by atomic mass is 10.2. The summed E-state index contributed by atoms with van der Waals surface area (Å²) in [5.74, 6) is 0. The molecule has 0 aliphatic heterocycles. The van der Waals surface area contributed by atoms with E-state index in [2.05, 4.69) is 4.72 Å². The zero-order valence-corrected chi connectivity index (χ0v) is 11.1. The molecule has 1 rings (SSSR count). The number of nitrogen functional groups attached to an aromatic ring is 1. The third-order valence-corrected chi connectivity index (χ3v) is 4.04. The molecular weight excluding hydrogens is 250 g/mol. The van der Waals surface area contributed by atoms with Crippen molar-refractivity contribution in [3.63, 3.8) is 0 Å². The molecule has 0 spiro atoms. The first-order chi connectivity index (χ1) is 8.51. The highest BCUT2D eigenvalue weighted by Gasteiger charge is 2.16.